The van der Waals surface area contributed by atoms with E-state index in [-0.39, 0.29) is 11.6 Å². The summed E-state index contributed by atoms with van der Waals surface area (Å²) in [6.07, 6.45) is 2.10. The Morgan fingerprint density at radius 2 is 1.95 bits per heavy atom. The number of nitrogens with zero attached hydrogens (tertiary/aromatic N) is 4. The lowest BCUT2D eigenvalue weighted by molar-refractivity contribution is 0.122. The van der Waals surface area contributed by atoms with E-state index >= 15 is 0 Å². The van der Waals surface area contributed by atoms with Crippen LogP contribution in [-0.2, 0) is 11.2 Å². The van der Waals surface area contributed by atoms with Crippen LogP contribution < -0.4 is 20.5 Å². The third kappa shape index (κ3) is 4.69. The van der Waals surface area contributed by atoms with Crippen molar-refractivity contribution in [2.24, 2.45) is 0 Å². The number of morpholine rings is 1. The molecule has 1 atom stereocenters. The van der Waals surface area contributed by atoms with Crippen molar-refractivity contribution >= 4 is 11.4 Å². The summed E-state index contributed by atoms with van der Waals surface area (Å²) in [6.45, 7) is 4.81. The summed E-state index contributed by atoms with van der Waals surface area (Å²) >= 11 is 0. The van der Waals surface area contributed by atoms with Crippen LogP contribution >= 0.6 is 0 Å². The maximum Gasteiger partial charge on any atom is 0.250 e. The third-order valence-corrected chi connectivity index (χ3v) is 6.88. The van der Waals surface area contributed by atoms with Gasteiger partial charge in [0.1, 0.15) is 29.6 Å². The molecule has 38 heavy (non-hydrogen) atoms. The zero-order chi connectivity index (χ0) is 26.1. The van der Waals surface area contributed by atoms with Crippen molar-refractivity contribution < 1.29 is 9.47 Å². The zero-order valence-electron chi connectivity index (χ0n) is 20.9. The molecule has 2 aromatic heterocycles. The quantitative estimate of drug-likeness (QED) is 0.360. The van der Waals surface area contributed by atoms with Crippen LogP contribution in [0.25, 0.3) is 11.3 Å². The monoisotopic (exact) mass is 506 g/mol. The van der Waals surface area contributed by atoms with Crippen molar-refractivity contribution in [3.05, 3.63) is 93.8 Å². The molecule has 1 fully saturated rings. The minimum absolute atomic E-state index is 0.109. The lowest BCUT2D eigenvalue weighted by atomic mass is 9.96. The number of para-hydroxylation sites is 1. The van der Waals surface area contributed by atoms with Gasteiger partial charge >= 0.3 is 0 Å². The number of rotatable bonds is 5. The van der Waals surface area contributed by atoms with Crippen LogP contribution in [0.3, 0.4) is 0 Å². The molecule has 6 rings (SSSR count). The molecule has 2 aliphatic heterocycles. The lowest BCUT2D eigenvalue weighted by Crippen LogP contribution is -2.36. The highest BCUT2D eigenvalue weighted by Gasteiger charge is 2.23. The smallest absolute Gasteiger partial charge is 0.250 e. The van der Waals surface area contributed by atoms with Crippen molar-refractivity contribution in [3.63, 3.8) is 0 Å². The Bertz CT molecular complexity index is 1600. The Morgan fingerprint density at radius 1 is 1.08 bits per heavy atom. The number of H-pyrrole nitrogens is 1. The fraction of sp³-hybridized carbons (Fsp3) is 0.241. The molecule has 0 aliphatic carbocycles. The fourth-order valence-electron chi connectivity index (χ4n) is 4.95. The summed E-state index contributed by atoms with van der Waals surface area (Å²) in [7, 11) is 0. The summed E-state index contributed by atoms with van der Waals surface area (Å²) in [5.41, 5.74) is 6.44. The van der Waals surface area contributed by atoms with Gasteiger partial charge in [0.15, 0.2) is 0 Å². The maximum atomic E-state index is 12.6. The number of nitriles is 1. The summed E-state index contributed by atoms with van der Waals surface area (Å²) in [5.74, 6) is 1.54. The van der Waals surface area contributed by atoms with Crippen molar-refractivity contribution in [2.75, 3.05) is 36.5 Å². The normalized spacial score (nSPS) is 15.0. The van der Waals surface area contributed by atoms with E-state index in [9.17, 15) is 4.79 Å². The Morgan fingerprint density at radius 3 is 2.79 bits per heavy atom. The molecule has 1 saturated heterocycles. The van der Waals surface area contributed by atoms with Gasteiger partial charge in [-0.1, -0.05) is 12.1 Å². The second-order valence-corrected chi connectivity index (χ2v) is 9.42. The van der Waals surface area contributed by atoms with Gasteiger partial charge in [-0.25, -0.2) is 9.97 Å². The van der Waals surface area contributed by atoms with Gasteiger partial charge in [0.05, 0.1) is 30.6 Å². The molecule has 4 heterocycles. The molecule has 2 N–H and O–H groups in total. The Balaban J connectivity index is 1.27. The van der Waals surface area contributed by atoms with Gasteiger partial charge in [-0.15, -0.1) is 0 Å². The van der Waals surface area contributed by atoms with E-state index in [1.807, 2.05) is 37.3 Å². The van der Waals surface area contributed by atoms with Crippen LogP contribution in [0.15, 0.2) is 65.7 Å². The molecule has 0 bridgehead atoms. The molecule has 9 nitrogen and oxygen atoms in total. The zero-order valence-corrected chi connectivity index (χ0v) is 20.9. The van der Waals surface area contributed by atoms with Crippen LogP contribution in [0.4, 0.5) is 11.4 Å². The molecular weight excluding hydrogens is 480 g/mol. The second kappa shape index (κ2) is 10.00. The number of fused-ring (bicyclic) bond motifs is 2. The highest BCUT2D eigenvalue weighted by molar-refractivity contribution is 5.74. The van der Waals surface area contributed by atoms with E-state index in [1.165, 1.54) is 6.33 Å². The topological polar surface area (TPSA) is 116 Å². The van der Waals surface area contributed by atoms with E-state index in [1.54, 1.807) is 12.1 Å². The van der Waals surface area contributed by atoms with Crippen LogP contribution in [0.2, 0.25) is 0 Å². The minimum atomic E-state index is -0.145. The van der Waals surface area contributed by atoms with E-state index in [2.05, 4.69) is 43.4 Å². The highest BCUT2D eigenvalue weighted by atomic mass is 16.5. The van der Waals surface area contributed by atoms with E-state index in [0.717, 1.165) is 64.0 Å². The first-order valence-electron chi connectivity index (χ1n) is 12.6. The highest BCUT2D eigenvalue weighted by Crippen LogP contribution is 2.43. The standard InChI is InChI=1S/C29H26N6O3/c1-18(25-13-22(16-30)31-17-32-25)33-21-5-6-27-20(12-21)11-19-3-2-4-24(29(19)38-27)26-14-23(15-28(36)34-26)35-7-9-37-10-8-35/h2-6,12-15,17-18,33H,7-11H2,1H3,(H,34,36). The summed E-state index contributed by atoms with van der Waals surface area (Å²) < 4.78 is 11.9. The number of ether oxygens (including phenoxy) is 2. The molecule has 0 saturated carbocycles. The Labute approximate surface area is 219 Å². The molecule has 1 unspecified atom stereocenters. The SMILES string of the molecule is CC(Nc1ccc2c(c1)Cc1cccc(-c3cc(N4CCOCC4)cc(=O)[nH]3)c1O2)c1cc(C#N)ncn1. The van der Waals surface area contributed by atoms with Crippen LogP contribution in [0.1, 0.15) is 35.5 Å². The predicted molar refractivity (Wildman–Crippen MR) is 144 cm³/mol. The van der Waals surface area contributed by atoms with E-state index in [4.69, 9.17) is 14.7 Å². The first kappa shape index (κ1) is 23.7. The predicted octanol–water partition coefficient (Wildman–Crippen LogP) is 4.41. The number of anilines is 2. The molecule has 4 aromatic rings. The number of aromatic nitrogens is 3. The van der Waals surface area contributed by atoms with Crippen molar-refractivity contribution in [1.29, 1.82) is 5.26 Å². The number of nitrogens with one attached hydrogen (secondary N) is 2. The summed E-state index contributed by atoms with van der Waals surface area (Å²) in [5, 5.41) is 12.6. The van der Waals surface area contributed by atoms with Crippen molar-refractivity contribution in [1.82, 2.24) is 15.0 Å². The summed E-state index contributed by atoms with van der Waals surface area (Å²) in [4.78, 5) is 26.0. The van der Waals surface area contributed by atoms with Gasteiger partial charge in [-0.3, -0.25) is 4.79 Å². The average molecular weight is 507 g/mol. The fourth-order valence-corrected chi connectivity index (χ4v) is 4.95. The van der Waals surface area contributed by atoms with Gasteiger partial charge in [-0.2, -0.15) is 5.26 Å². The van der Waals surface area contributed by atoms with Gasteiger partial charge < -0.3 is 24.7 Å². The first-order chi connectivity index (χ1) is 18.6. The van der Waals surface area contributed by atoms with Gasteiger partial charge in [0, 0.05) is 48.1 Å². The second-order valence-electron chi connectivity index (χ2n) is 9.42. The molecule has 0 spiro atoms. The first-order valence-corrected chi connectivity index (χ1v) is 12.6. The number of aromatic amines is 1. The van der Waals surface area contributed by atoms with Gasteiger partial charge in [0.2, 0.25) is 5.56 Å². The average Bonchev–Trinajstić information content (AvgIpc) is 2.96. The van der Waals surface area contributed by atoms with Crippen LogP contribution in [0, 0.1) is 11.3 Å². The van der Waals surface area contributed by atoms with E-state index in [0.29, 0.717) is 25.3 Å². The van der Waals surface area contributed by atoms with Gasteiger partial charge in [-0.05, 0) is 48.9 Å². The largest absolute Gasteiger partial charge is 0.456 e. The van der Waals surface area contributed by atoms with Crippen LogP contribution in [-0.4, -0.2) is 41.3 Å². The van der Waals surface area contributed by atoms with Gasteiger partial charge in [0.25, 0.3) is 0 Å². The number of hydrogen-bond acceptors (Lipinski definition) is 8. The Kier molecular flexibility index (Phi) is 6.23. The molecule has 0 amide bonds. The molecule has 190 valence electrons. The molecule has 2 aliphatic rings. The maximum absolute atomic E-state index is 12.6. The number of hydrogen-bond donors (Lipinski definition) is 2. The van der Waals surface area contributed by atoms with Crippen molar-refractivity contribution in [3.8, 4) is 28.8 Å². The van der Waals surface area contributed by atoms with E-state index < -0.39 is 0 Å². The van der Waals surface area contributed by atoms with Crippen molar-refractivity contribution in [2.45, 2.75) is 19.4 Å². The minimum Gasteiger partial charge on any atom is -0.456 e. The molecule has 2 aromatic carbocycles. The number of pyridine rings is 1. The third-order valence-electron chi connectivity index (χ3n) is 6.88. The molecule has 0 radical (unpaired) electrons. The molecule has 9 heteroatoms. The summed E-state index contributed by atoms with van der Waals surface area (Å²) in [6, 6.07) is 19.3. The lowest BCUT2D eigenvalue weighted by Gasteiger charge is -2.29. The number of benzene rings is 2. The Hall–Kier alpha value is -4.68. The van der Waals surface area contributed by atoms with Crippen LogP contribution in [0.5, 0.6) is 11.5 Å². The molecular formula is C29H26N6O3.